The number of carboxylic acid groups (broad SMARTS) is 1. The van der Waals surface area contributed by atoms with E-state index in [9.17, 15) is 9.18 Å². The van der Waals surface area contributed by atoms with E-state index in [2.05, 4.69) is 5.32 Å². The van der Waals surface area contributed by atoms with Gasteiger partial charge in [-0.1, -0.05) is 6.92 Å². The molecule has 0 amide bonds. The van der Waals surface area contributed by atoms with E-state index in [4.69, 9.17) is 5.11 Å². The number of hydrogen-bond donors (Lipinski definition) is 2. The van der Waals surface area contributed by atoms with Gasteiger partial charge in [0.25, 0.3) is 0 Å². The van der Waals surface area contributed by atoms with E-state index in [1.54, 1.807) is 6.92 Å². The molecule has 2 atom stereocenters. The summed E-state index contributed by atoms with van der Waals surface area (Å²) in [6.45, 7) is 2.21. The minimum Gasteiger partial charge on any atom is -0.480 e. The molecule has 1 saturated heterocycles. The predicted molar refractivity (Wildman–Crippen MR) is 42.8 cm³/mol. The average molecular weight is 175 g/mol. The van der Waals surface area contributed by atoms with Crippen molar-refractivity contribution < 1.29 is 14.3 Å². The summed E-state index contributed by atoms with van der Waals surface area (Å²) < 4.78 is 13.6. The van der Waals surface area contributed by atoms with Crippen molar-refractivity contribution in [2.75, 3.05) is 6.54 Å². The van der Waals surface area contributed by atoms with Crippen LogP contribution in [0, 0.1) is 0 Å². The number of piperidine rings is 1. The van der Waals surface area contributed by atoms with E-state index in [-0.39, 0.29) is 6.42 Å². The highest BCUT2D eigenvalue weighted by molar-refractivity contribution is 5.73. The SMILES string of the molecule is CCC1(F)CCNC(C(=O)O)C1. The zero-order valence-corrected chi connectivity index (χ0v) is 7.14. The maximum absolute atomic E-state index is 13.6. The van der Waals surface area contributed by atoms with Crippen molar-refractivity contribution in [1.82, 2.24) is 5.32 Å². The van der Waals surface area contributed by atoms with E-state index in [0.717, 1.165) is 0 Å². The van der Waals surface area contributed by atoms with Gasteiger partial charge in [0.1, 0.15) is 11.7 Å². The van der Waals surface area contributed by atoms with Gasteiger partial charge in [-0.05, 0) is 19.4 Å². The lowest BCUT2D eigenvalue weighted by Gasteiger charge is -2.32. The lowest BCUT2D eigenvalue weighted by molar-refractivity contribution is -0.141. The molecule has 70 valence electrons. The number of carbonyl (C=O) groups is 1. The molecule has 1 fully saturated rings. The van der Waals surface area contributed by atoms with Crippen LogP contribution in [0.1, 0.15) is 26.2 Å². The van der Waals surface area contributed by atoms with Crippen molar-refractivity contribution in [3.63, 3.8) is 0 Å². The van der Waals surface area contributed by atoms with Gasteiger partial charge in [-0.2, -0.15) is 0 Å². The number of carboxylic acids is 1. The first-order valence-corrected chi connectivity index (χ1v) is 4.22. The largest absolute Gasteiger partial charge is 0.480 e. The first-order valence-electron chi connectivity index (χ1n) is 4.22. The second kappa shape index (κ2) is 3.39. The molecule has 1 heterocycles. The molecule has 1 aliphatic rings. The summed E-state index contributed by atoms with van der Waals surface area (Å²) in [5, 5.41) is 11.4. The average Bonchev–Trinajstić information content (AvgIpc) is 2.05. The molecular weight excluding hydrogens is 161 g/mol. The standard InChI is InChI=1S/C8H14FNO2/c1-2-8(9)3-4-10-6(5-8)7(11)12/h6,10H,2-5H2,1H3,(H,11,12). The van der Waals surface area contributed by atoms with Crippen molar-refractivity contribution in [3.05, 3.63) is 0 Å². The predicted octanol–water partition coefficient (Wildman–Crippen LogP) is 0.941. The van der Waals surface area contributed by atoms with E-state index in [0.29, 0.717) is 19.4 Å². The molecule has 0 aromatic rings. The summed E-state index contributed by atoms with van der Waals surface area (Å²) in [6, 6.07) is -0.705. The van der Waals surface area contributed by atoms with E-state index in [1.807, 2.05) is 0 Å². The summed E-state index contributed by atoms with van der Waals surface area (Å²) in [4.78, 5) is 10.5. The molecule has 1 rings (SSSR count). The Kier molecular flexibility index (Phi) is 2.67. The number of halogens is 1. The maximum atomic E-state index is 13.6. The van der Waals surface area contributed by atoms with Crippen molar-refractivity contribution >= 4 is 5.97 Å². The number of nitrogens with one attached hydrogen (secondary N) is 1. The van der Waals surface area contributed by atoms with Gasteiger partial charge in [0.2, 0.25) is 0 Å². The van der Waals surface area contributed by atoms with Gasteiger partial charge in [-0.25, -0.2) is 4.39 Å². The highest BCUT2D eigenvalue weighted by atomic mass is 19.1. The Morgan fingerprint density at radius 3 is 3.00 bits per heavy atom. The fourth-order valence-corrected chi connectivity index (χ4v) is 1.51. The van der Waals surface area contributed by atoms with Crippen LogP contribution < -0.4 is 5.32 Å². The van der Waals surface area contributed by atoms with Crippen molar-refractivity contribution in [3.8, 4) is 0 Å². The van der Waals surface area contributed by atoms with Gasteiger partial charge in [0.15, 0.2) is 0 Å². The Bertz CT molecular complexity index is 186. The first-order chi connectivity index (χ1) is 5.57. The maximum Gasteiger partial charge on any atom is 0.320 e. The molecule has 12 heavy (non-hydrogen) atoms. The molecule has 0 saturated carbocycles. The van der Waals surface area contributed by atoms with Crippen molar-refractivity contribution in [2.24, 2.45) is 0 Å². The van der Waals surface area contributed by atoms with Crippen LogP contribution in [0.4, 0.5) is 4.39 Å². The van der Waals surface area contributed by atoms with Crippen LogP contribution >= 0.6 is 0 Å². The van der Waals surface area contributed by atoms with Gasteiger partial charge < -0.3 is 10.4 Å². The molecule has 0 aliphatic carbocycles. The van der Waals surface area contributed by atoms with E-state index in [1.165, 1.54) is 0 Å². The van der Waals surface area contributed by atoms with Crippen molar-refractivity contribution in [2.45, 2.75) is 37.9 Å². The third-order valence-electron chi connectivity index (χ3n) is 2.47. The number of alkyl halides is 1. The van der Waals surface area contributed by atoms with Crippen LogP contribution in [0.2, 0.25) is 0 Å². The Morgan fingerprint density at radius 1 is 1.83 bits per heavy atom. The van der Waals surface area contributed by atoms with Gasteiger partial charge in [-0.3, -0.25) is 4.79 Å². The highest BCUT2D eigenvalue weighted by Gasteiger charge is 2.37. The first kappa shape index (κ1) is 9.45. The minimum absolute atomic E-state index is 0.0961. The molecule has 3 nitrogen and oxygen atoms in total. The van der Waals surface area contributed by atoms with Gasteiger partial charge >= 0.3 is 5.97 Å². The molecule has 4 heteroatoms. The second-order valence-electron chi connectivity index (χ2n) is 3.30. The molecular formula is C8H14FNO2. The monoisotopic (exact) mass is 175 g/mol. The van der Waals surface area contributed by atoms with E-state index < -0.39 is 17.7 Å². The fraction of sp³-hybridized carbons (Fsp3) is 0.875. The Balaban J connectivity index is 2.57. The van der Waals surface area contributed by atoms with Crippen LogP contribution in [0.15, 0.2) is 0 Å². The van der Waals surface area contributed by atoms with Gasteiger partial charge in [0, 0.05) is 6.42 Å². The summed E-state index contributed by atoms with van der Waals surface area (Å²) in [5.74, 6) is -0.954. The smallest absolute Gasteiger partial charge is 0.320 e. The lowest BCUT2D eigenvalue weighted by atomic mass is 9.87. The molecule has 0 aromatic carbocycles. The minimum atomic E-state index is -1.27. The van der Waals surface area contributed by atoms with Crippen LogP contribution in [-0.4, -0.2) is 29.3 Å². The zero-order chi connectivity index (χ0) is 9.19. The van der Waals surface area contributed by atoms with Crippen LogP contribution in [0.5, 0.6) is 0 Å². The molecule has 0 spiro atoms. The van der Waals surface area contributed by atoms with Crippen LogP contribution in [-0.2, 0) is 4.79 Å². The molecule has 0 radical (unpaired) electrons. The van der Waals surface area contributed by atoms with E-state index >= 15 is 0 Å². The van der Waals surface area contributed by atoms with Gasteiger partial charge in [0.05, 0.1) is 0 Å². The number of hydrogen-bond acceptors (Lipinski definition) is 2. The second-order valence-corrected chi connectivity index (χ2v) is 3.30. The molecule has 2 unspecified atom stereocenters. The molecule has 2 N–H and O–H groups in total. The fourth-order valence-electron chi connectivity index (χ4n) is 1.51. The van der Waals surface area contributed by atoms with Crippen LogP contribution in [0.3, 0.4) is 0 Å². The quantitative estimate of drug-likeness (QED) is 0.656. The molecule has 0 bridgehead atoms. The normalized spacial score (nSPS) is 36.3. The number of rotatable bonds is 2. The third kappa shape index (κ3) is 1.94. The zero-order valence-electron chi connectivity index (χ0n) is 7.14. The van der Waals surface area contributed by atoms with Crippen molar-refractivity contribution in [1.29, 1.82) is 0 Å². The Morgan fingerprint density at radius 2 is 2.50 bits per heavy atom. The molecule has 1 aliphatic heterocycles. The van der Waals surface area contributed by atoms with Crippen LogP contribution in [0.25, 0.3) is 0 Å². The third-order valence-corrected chi connectivity index (χ3v) is 2.47. The Hall–Kier alpha value is -0.640. The Labute approximate surface area is 71.0 Å². The summed E-state index contributed by atoms with van der Waals surface area (Å²) in [6.07, 6.45) is 0.921. The van der Waals surface area contributed by atoms with Gasteiger partial charge in [-0.15, -0.1) is 0 Å². The number of aliphatic carboxylic acids is 1. The lowest BCUT2D eigenvalue weighted by Crippen LogP contribution is -2.49. The summed E-state index contributed by atoms with van der Waals surface area (Å²) >= 11 is 0. The topological polar surface area (TPSA) is 49.3 Å². The summed E-state index contributed by atoms with van der Waals surface area (Å²) in [7, 11) is 0. The summed E-state index contributed by atoms with van der Waals surface area (Å²) in [5.41, 5.74) is -1.27. The highest BCUT2D eigenvalue weighted by Crippen LogP contribution is 2.29. The molecule has 0 aromatic heterocycles.